The molecule has 0 spiro atoms. The van der Waals surface area contributed by atoms with Crippen molar-refractivity contribution >= 4 is 11.8 Å². The third-order valence-corrected chi connectivity index (χ3v) is 2.37. The van der Waals surface area contributed by atoms with E-state index >= 15 is 0 Å². The van der Waals surface area contributed by atoms with Gasteiger partial charge >= 0.3 is 0 Å². The van der Waals surface area contributed by atoms with Crippen molar-refractivity contribution in [3.63, 3.8) is 0 Å². The number of nitrogens with two attached hydrogens (primary N) is 1. The van der Waals surface area contributed by atoms with Crippen molar-refractivity contribution < 1.29 is 9.59 Å². The van der Waals surface area contributed by atoms with Gasteiger partial charge in [0.15, 0.2) is 0 Å². The van der Waals surface area contributed by atoms with Crippen molar-refractivity contribution in [3.8, 4) is 0 Å². The fourth-order valence-electron chi connectivity index (χ4n) is 1.50. The van der Waals surface area contributed by atoms with Crippen molar-refractivity contribution in [2.45, 2.75) is 25.3 Å². The van der Waals surface area contributed by atoms with E-state index in [-0.39, 0.29) is 17.9 Å². The van der Waals surface area contributed by atoms with E-state index in [0.717, 1.165) is 6.42 Å². The molecule has 0 aromatic rings. The SMILES string of the molecule is CN(CCCN)C(=O)C1CCC(=O)N1. The van der Waals surface area contributed by atoms with E-state index in [4.69, 9.17) is 5.73 Å². The highest BCUT2D eigenvalue weighted by atomic mass is 16.2. The highest BCUT2D eigenvalue weighted by Gasteiger charge is 2.28. The van der Waals surface area contributed by atoms with E-state index in [0.29, 0.717) is 25.9 Å². The minimum absolute atomic E-state index is 0.00991. The molecule has 0 aromatic carbocycles. The van der Waals surface area contributed by atoms with Crippen LogP contribution < -0.4 is 11.1 Å². The number of carbonyl (C=O) groups excluding carboxylic acids is 2. The van der Waals surface area contributed by atoms with Crippen molar-refractivity contribution in [1.82, 2.24) is 10.2 Å². The predicted molar refractivity (Wildman–Crippen MR) is 52.5 cm³/mol. The van der Waals surface area contributed by atoms with E-state index in [9.17, 15) is 9.59 Å². The summed E-state index contributed by atoms with van der Waals surface area (Å²) in [5, 5.41) is 2.65. The van der Waals surface area contributed by atoms with Crippen molar-refractivity contribution in [2.75, 3.05) is 20.1 Å². The Balaban J connectivity index is 2.36. The minimum Gasteiger partial charge on any atom is -0.344 e. The summed E-state index contributed by atoms with van der Waals surface area (Å²) in [5.41, 5.74) is 5.34. The highest BCUT2D eigenvalue weighted by molar-refractivity contribution is 5.90. The number of amides is 2. The smallest absolute Gasteiger partial charge is 0.244 e. The summed E-state index contributed by atoms with van der Waals surface area (Å²) in [7, 11) is 1.74. The second-order valence-electron chi connectivity index (χ2n) is 3.56. The molecular weight excluding hydrogens is 182 g/mol. The fourth-order valence-corrected chi connectivity index (χ4v) is 1.50. The van der Waals surface area contributed by atoms with Crippen molar-refractivity contribution in [1.29, 1.82) is 0 Å². The fraction of sp³-hybridized carbons (Fsp3) is 0.778. The van der Waals surface area contributed by atoms with Gasteiger partial charge in [0.05, 0.1) is 0 Å². The summed E-state index contributed by atoms with van der Waals surface area (Å²) in [6.45, 7) is 1.23. The van der Waals surface area contributed by atoms with Crippen molar-refractivity contribution in [2.24, 2.45) is 5.73 Å². The summed E-state index contributed by atoms with van der Waals surface area (Å²) in [6, 6.07) is -0.315. The Bertz CT molecular complexity index is 230. The molecule has 0 saturated carbocycles. The summed E-state index contributed by atoms with van der Waals surface area (Å²) >= 11 is 0. The number of carbonyl (C=O) groups is 2. The van der Waals surface area contributed by atoms with Crippen LogP contribution >= 0.6 is 0 Å². The van der Waals surface area contributed by atoms with Crippen LogP contribution in [0.15, 0.2) is 0 Å². The van der Waals surface area contributed by atoms with Crippen LogP contribution in [-0.2, 0) is 9.59 Å². The van der Waals surface area contributed by atoms with Crippen LogP contribution in [0.1, 0.15) is 19.3 Å². The van der Waals surface area contributed by atoms with E-state index in [2.05, 4.69) is 5.32 Å². The van der Waals surface area contributed by atoms with Crippen LogP contribution in [0.2, 0.25) is 0 Å². The van der Waals surface area contributed by atoms with Gasteiger partial charge in [-0.15, -0.1) is 0 Å². The van der Waals surface area contributed by atoms with Crippen LogP contribution in [0.25, 0.3) is 0 Å². The van der Waals surface area contributed by atoms with E-state index in [1.807, 2.05) is 0 Å². The Kier molecular flexibility index (Phi) is 3.88. The first kappa shape index (κ1) is 11.0. The van der Waals surface area contributed by atoms with Crippen LogP contribution in [0.3, 0.4) is 0 Å². The molecule has 1 aliphatic heterocycles. The topological polar surface area (TPSA) is 75.4 Å². The van der Waals surface area contributed by atoms with Gasteiger partial charge in [0, 0.05) is 20.0 Å². The van der Waals surface area contributed by atoms with Gasteiger partial charge in [-0.1, -0.05) is 0 Å². The Hall–Kier alpha value is -1.10. The summed E-state index contributed by atoms with van der Waals surface area (Å²) in [6.07, 6.45) is 1.87. The second kappa shape index (κ2) is 4.95. The lowest BCUT2D eigenvalue weighted by Gasteiger charge is -2.20. The Morgan fingerprint density at radius 3 is 2.93 bits per heavy atom. The molecule has 2 amide bonds. The molecule has 80 valence electrons. The lowest BCUT2D eigenvalue weighted by Crippen LogP contribution is -2.43. The number of hydrogen-bond acceptors (Lipinski definition) is 3. The van der Waals surface area contributed by atoms with Crippen LogP contribution in [0.5, 0.6) is 0 Å². The van der Waals surface area contributed by atoms with Gasteiger partial charge < -0.3 is 16.0 Å². The third-order valence-electron chi connectivity index (χ3n) is 2.37. The largest absolute Gasteiger partial charge is 0.344 e. The molecule has 14 heavy (non-hydrogen) atoms. The normalized spacial score (nSPS) is 20.7. The standard InChI is InChI=1S/C9H17N3O2/c1-12(6-2-5-10)9(14)7-3-4-8(13)11-7/h7H,2-6,10H2,1H3,(H,11,13). The molecule has 0 bridgehead atoms. The summed E-state index contributed by atoms with van der Waals surface area (Å²) in [4.78, 5) is 24.2. The van der Waals surface area contributed by atoms with E-state index in [1.54, 1.807) is 11.9 Å². The van der Waals surface area contributed by atoms with Crippen LogP contribution in [0.4, 0.5) is 0 Å². The van der Waals surface area contributed by atoms with E-state index < -0.39 is 0 Å². The number of nitrogens with zero attached hydrogens (tertiary/aromatic N) is 1. The molecule has 1 unspecified atom stereocenters. The maximum absolute atomic E-state index is 11.7. The van der Waals surface area contributed by atoms with Crippen molar-refractivity contribution in [3.05, 3.63) is 0 Å². The average Bonchev–Trinajstić information content (AvgIpc) is 2.60. The zero-order valence-corrected chi connectivity index (χ0v) is 8.45. The zero-order chi connectivity index (χ0) is 10.6. The molecule has 5 nitrogen and oxygen atoms in total. The van der Waals surface area contributed by atoms with Gasteiger partial charge in [-0.3, -0.25) is 9.59 Å². The minimum atomic E-state index is -0.315. The maximum Gasteiger partial charge on any atom is 0.244 e. The molecule has 0 radical (unpaired) electrons. The lowest BCUT2D eigenvalue weighted by molar-refractivity contribution is -0.133. The predicted octanol–water partition coefficient (Wildman–Crippen LogP) is -0.928. The molecular formula is C9H17N3O2. The molecule has 0 aliphatic carbocycles. The Labute approximate surface area is 83.6 Å². The molecule has 1 fully saturated rings. The molecule has 1 rings (SSSR count). The van der Waals surface area contributed by atoms with Gasteiger partial charge in [0.25, 0.3) is 0 Å². The molecule has 1 aliphatic rings. The highest BCUT2D eigenvalue weighted by Crippen LogP contribution is 2.08. The third kappa shape index (κ3) is 2.70. The first-order chi connectivity index (χ1) is 6.65. The molecule has 1 atom stereocenters. The lowest BCUT2D eigenvalue weighted by atomic mass is 10.2. The van der Waals surface area contributed by atoms with Gasteiger partial charge in [-0.25, -0.2) is 0 Å². The first-order valence-corrected chi connectivity index (χ1v) is 4.89. The summed E-state index contributed by atoms with van der Waals surface area (Å²) < 4.78 is 0. The molecule has 1 heterocycles. The monoisotopic (exact) mass is 199 g/mol. The number of hydrogen-bond donors (Lipinski definition) is 2. The van der Waals surface area contributed by atoms with E-state index in [1.165, 1.54) is 0 Å². The molecule has 0 aromatic heterocycles. The number of nitrogens with one attached hydrogen (secondary N) is 1. The molecule has 5 heteroatoms. The first-order valence-electron chi connectivity index (χ1n) is 4.89. The second-order valence-corrected chi connectivity index (χ2v) is 3.56. The maximum atomic E-state index is 11.7. The summed E-state index contributed by atoms with van der Waals surface area (Å²) in [5.74, 6) is -0.0418. The zero-order valence-electron chi connectivity index (χ0n) is 8.45. The van der Waals surface area contributed by atoms with Gasteiger partial charge in [0.1, 0.15) is 6.04 Å². The molecule has 1 saturated heterocycles. The van der Waals surface area contributed by atoms with Gasteiger partial charge in [-0.05, 0) is 19.4 Å². The quantitative estimate of drug-likeness (QED) is 0.614. The number of rotatable bonds is 4. The number of likely N-dealkylation sites (N-methyl/N-ethyl adjacent to an activating group) is 1. The molecule has 3 N–H and O–H groups in total. The van der Waals surface area contributed by atoms with Crippen LogP contribution in [-0.4, -0.2) is 42.9 Å². The van der Waals surface area contributed by atoms with Gasteiger partial charge in [-0.2, -0.15) is 0 Å². The Morgan fingerprint density at radius 2 is 2.43 bits per heavy atom. The van der Waals surface area contributed by atoms with Gasteiger partial charge in [0.2, 0.25) is 11.8 Å². The van der Waals surface area contributed by atoms with Crippen LogP contribution in [0, 0.1) is 0 Å². The average molecular weight is 199 g/mol. The Morgan fingerprint density at radius 1 is 1.71 bits per heavy atom.